The quantitative estimate of drug-likeness (QED) is 0.460. The van der Waals surface area contributed by atoms with Crippen LogP contribution in [0.2, 0.25) is 0 Å². The van der Waals surface area contributed by atoms with Gasteiger partial charge in [-0.05, 0) is 43.3 Å². The number of aromatic nitrogens is 1. The number of nitrogens with zero attached hydrogens (tertiary/aromatic N) is 2. The first-order chi connectivity index (χ1) is 11.1. The molecule has 3 rings (SSSR count). The number of hydrogen-bond acceptors (Lipinski definition) is 3. The molecule has 0 saturated heterocycles. The number of aromatic hydroxyl groups is 1. The van der Waals surface area contributed by atoms with Crippen LogP contribution in [-0.2, 0) is 0 Å². The topological polar surface area (TPSA) is 72.8 Å². The summed E-state index contributed by atoms with van der Waals surface area (Å²) in [7, 11) is 0. The lowest BCUT2D eigenvalue weighted by molar-refractivity contribution is 0.459. The van der Waals surface area contributed by atoms with Gasteiger partial charge in [-0.2, -0.15) is 0 Å². The fourth-order valence-electron chi connectivity index (χ4n) is 2.39. The second-order valence-electron chi connectivity index (χ2n) is 5.26. The zero-order valence-corrected chi connectivity index (χ0v) is 13.6. The second kappa shape index (κ2) is 6.18. The smallest absolute Gasteiger partial charge is 0.218 e. The average molecular weight is 324 g/mol. The second-order valence-corrected chi connectivity index (χ2v) is 5.65. The van der Waals surface area contributed by atoms with Crippen molar-refractivity contribution in [3.05, 3.63) is 53.6 Å². The van der Waals surface area contributed by atoms with E-state index >= 15 is 0 Å². The largest absolute Gasteiger partial charge is 0.493 e. The molecule has 1 aromatic heterocycles. The number of nitrogens with one attached hydrogen (secondary N) is 2. The lowest BCUT2D eigenvalue weighted by Gasteiger charge is -2.05. The summed E-state index contributed by atoms with van der Waals surface area (Å²) in [6.45, 7) is 3.94. The zero-order chi connectivity index (χ0) is 16.4. The molecule has 0 unspecified atom stereocenters. The standard InChI is InChI=1S/C17H16N4OS/c1-10-6-3-4-9-13(10)18-17(23)21-20-15-12-8-5-7-11(2)14(12)19-16(15)22/h3-9,19,22H,1-2H3,(H,18,23). The highest BCUT2D eigenvalue weighted by Gasteiger charge is 2.11. The first-order valence-corrected chi connectivity index (χ1v) is 7.55. The number of aromatic amines is 1. The number of hydrogen-bond donors (Lipinski definition) is 3. The van der Waals surface area contributed by atoms with Crippen molar-refractivity contribution in [2.75, 3.05) is 5.32 Å². The third-order valence-electron chi connectivity index (χ3n) is 3.62. The number of fused-ring (bicyclic) bond motifs is 1. The van der Waals surface area contributed by atoms with E-state index in [-0.39, 0.29) is 11.0 Å². The van der Waals surface area contributed by atoms with Crippen LogP contribution in [0.4, 0.5) is 11.4 Å². The first-order valence-electron chi connectivity index (χ1n) is 7.15. The maximum absolute atomic E-state index is 10.0. The highest BCUT2D eigenvalue weighted by Crippen LogP contribution is 2.36. The third-order valence-corrected chi connectivity index (χ3v) is 3.81. The van der Waals surface area contributed by atoms with Crippen LogP contribution in [0, 0.1) is 13.8 Å². The van der Waals surface area contributed by atoms with E-state index in [0.717, 1.165) is 27.7 Å². The molecule has 0 aliphatic rings. The first kappa shape index (κ1) is 15.2. The predicted octanol–water partition coefficient (Wildman–Crippen LogP) is 4.97. The van der Waals surface area contributed by atoms with E-state index in [1.54, 1.807) is 0 Å². The maximum atomic E-state index is 10.0. The number of benzene rings is 2. The summed E-state index contributed by atoms with van der Waals surface area (Å²) in [5.74, 6) is -0.0169. The van der Waals surface area contributed by atoms with E-state index in [1.165, 1.54) is 0 Å². The molecule has 3 aromatic rings. The van der Waals surface area contributed by atoms with Crippen molar-refractivity contribution in [3.8, 4) is 5.88 Å². The Morgan fingerprint density at radius 2 is 1.83 bits per heavy atom. The Bertz CT molecular complexity index is 914. The molecule has 0 saturated carbocycles. The lowest BCUT2D eigenvalue weighted by atomic mass is 10.1. The summed E-state index contributed by atoms with van der Waals surface area (Å²) in [6.07, 6.45) is 0. The van der Waals surface area contributed by atoms with Gasteiger partial charge in [-0.15, -0.1) is 10.2 Å². The molecule has 5 nitrogen and oxygen atoms in total. The Morgan fingerprint density at radius 1 is 1.09 bits per heavy atom. The molecular weight excluding hydrogens is 308 g/mol. The van der Waals surface area contributed by atoms with E-state index < -0.39 is 0 Å². The Morgan fingerprint density at radius 3 is 2.61 bits per heavy atom. The highest BCUT2D eigenvalue weighted by atomic mass is 32.1. The number of thiocarbonyl (C=S) groups is 1. The van der Waals surface area contributed by atoms with E-state index in [1.807, 2.05) is 56.3 Å². The van der Waals surface area contributed by atoms with Gasteiger partial charge in [-0.1, -0.05) is 36.4 Å². The Balaban J connectivity index is 1.86. The number of anilines is 1. The zero-order valence-electron chi connectivity index (χ0n) is 12.8. The molecule has 0 atom stereocenters. The average Bonchev–Trinajstić information content (AvgIpc) is 2.85. The Labute approximate surface area is 139 Å². The molecule has 0 amide bonds. The number of aryl methyl sites for hydroxylation is 2. The maximum Gasteiger partial charge on any atom is 0.218 e. The number of para-hydroxylation sites is 2. The van der Waals surface area contributed by atoms with Crippen molar-refractivity contribution in [3.63, 3.8) is 0 Å². The highest BCUT2D eigenvalue weighted by molar-refractivity contribution is 7.80. The predicted molar refractivity (Wildman–Crippen MR) is 96.6 cm³/mol. The van der Waals surface area contributed by atoms with Crippen LogP contribution in [0.25, 0.3) is 10.9 Å². The minimum atomic E-state index is -0.0169. The van der Waals surface area contributed by atoms with Gasteiger partial charge in [0.2, 0.25) is 11.0 Å². The third kappa shape index (κ3) is 3.07. The molecule has 0 fully saturated rings. The summed E-state index contributed by atoms with van der Waals surface area (Å²) in [5, 5.41) is 22.2. The van der Waals surface area contributed by atoms with Gasteiger partial charge in [-0.3, -0.25) is 0 Å². The Hall–Kier alpha value is -2.73. The van der Waals surface area contributed by atoms with Crippen LogP contribution >= 0.6 is 12.2 Å². The van der Waals surface area contributed by atoms with Crippen molar-refractivity contribution in [1.82, 2.24) is 4.98 Å². The molecular formula is C17H16N4OS. The summed E-state index contributed by atoms with van der Waals surface area (Å²) in [4.78, 5) is 2.92. The monoisotopic (exact) mass is 324 g/mol. The summed E-state index contributed by atoms with van der Waals surface area (Å²) >= 11 is 5.20. The van der Waals surface area contributed by atoms with Gasteiger partial charge in [-0.25, -0.2) is 0 Å². The molecule has 3 N–H and O–H groups in total. The van der Waals surface area contributed by atoms with Gasteiger partial charge in [0.1, 0.15) is 0 Å². The SMILES string of the molecule is Cc1ccccc1NC(=S)N=Nc1c(O)[nH]c2c(C)cccc12. The van der Waals surface area contributed by atoms with Crippen LogP contribution in [-0.4, -0.2) is 15.2 Å². The van der Waals surface area contributed by atoms with E-state index in [0.29, 0.717) is 5.69 Å². The molecule has 116 valence electrons. The van der Waals surface area contributed by atoms with Crippen LogP contribution in [0.1, 0.15) is 11.1 Å². The van der Waals surface area contributed by atoms with Gasteiger partial charge in [0.05, 0.1) is 5.52 Å². The van der Waals surface area contributed by atoms with E-state index in [2.05, 4.69) is 20.5 Å². The fourth-order valence-corrected chi connectivity index (χ4v) is 2.54. The van der Waals surface area contributed by atoms with Crippen molar-refractivity contribution in [1.29, 1.82) is 0 Å². The van der Waals surface area contributed by atoms with Crippen molar-refractivity contribution < 1.29 is 5.11 Å². The van der Waals surface area contributed by atoms with E-state index in [9.17, 15) is 5.11 Å². The van der Waals surface area contributed by atoms with Crippen LogP contribution in [0.5, 0.6) is 5.88 Å². The molecule has 0 aliphatic carbocycles. The minimum absolute atomic E-state index is 0.0169. The number of azo groups is 1. The molecule has 0 bridgehead atoms. The lowest BCUT2D eigenvalue weighted by Crippen LogP contribution is -2.06. The minimum Gasteiger partial charge on any atom is -0.493 e. The summed E-state index contributed by atoms with van der Waals surface area (Å²) in [5.41, 5.74) is 4.21. The fraction of sp³-hybridized carbons (Fsp3) is 0.118. The number of rotatable bonds is 2. The van der Waals surface area contributed by atoms with Gasteiger partial charge >= 0.3 is 0 Å². The Kier molecular flexibility index (Phi) is 4.08. The van der Waals surface area contributed by atoms with Gasteiger partial charge in [0, 0.05) is 11.1 Å². The van der Waals surface area contributed by atoms with E-state index in [4.69, 9.17) is 12.2 Å². The normalized spacial score (nSPS) is 11.2. The molecule has 0 aliphatic heterocycles. The molecule has 1 heterocycles. The summed E-state index contributed by atoms with van der Waals surface area (Å²) in [6, 6.07) is 13.5. The summed E-state index contributed by atoms with van der Waals surface area (Å²) < 4.78 is 0. The molecule has 6 heteroatoms. The van der Waals surface area contributed by atoms with Gasteiger partial charge in [0.25, 0.3) is 0 Å². The molecule has 2 aromatic carbocycles. The van der Waals surface area contributed by atoms with Crippen molar-refractivity contribution in [2.45, 2.75) is 13.8 Å². The van der Waals surface area contributed by atoms with Crippen LogP contribution in [0.3, 0.4) is 0 Å². The van der Waals surface area contributed by atoms with Gasteiger partial charge < -0.3 is 15.4 Å². The number of H-pyrrole nitrogens is 1. The van der Waals surface area contributed by atoms with Crippen LogP contribution in [0.15, 0.2) is 52.7 Å². The van der Waals surface area contributed by atoms with Crippen LogP contribution < -0.4 is 5.32 Å². The van der Waals surface area contributed by atoms with Crippen molar-refractivity contribution >= 4 is 39.6 Å². The molecule has 0 spiro atoms. The molecule has 0 radical (unpaired) electrons. The van der Waals surface area contributed by atoms with Crippen molar-refractivity contribution in [2.24, 2.45) is 10.2 Å². The van der Waals surface area contributed by atoms with Gasteiger partial charge in [0.15, 0.2) is 5.69 Å². The molecule has 23 heavy (non-hydrogen) atoms.